The summed E-state index contributed by atoms with van der Waals surface area (Å²) in [5.41, 5.74) is 2.02. The van der Waals surface area contributed by atoms with Crippen LogP contribution in [0, 0.1) is 0 Å². The molecule has 0 unspecified atom stereocenters. The number of aryl methyl sites for hydroxylation is 1. The monoisotopic (exact) mass is 300 g/mol. The summed E-state index contributed by atoms with van der Waals surface area (Å²) in [5.74, 6) is 1.71. The molecule has 1 aliphatic heterocycles. The van der Waals surface area contributed by atoms with Crippen molar-refractivity contribution < 1.29 is 9.32 Å². The lowest BCUT2D eigenvalue weighted by molar-refractivity contribution is 0.0661. The second-order valence-corrected chi connectivity index (χ2v) is 6.21. The molecule has 1 amide bonds. The smallest absolute Gasteiger partial charge is 0.292 e. The van der Waals surface area contributed by atoms with E-state index < -0.39 is 0 Å². The lowest BCUT2D eigenvalue weighted by Gasteiger charge is -2.31. The summed E-state index contributed by atoms with van der Waals surface area (Å²) >= 11 is 0. The molecule has 1 aliphatic carbocycles. The Balaban J connectivity index is 1.54. The summed E-state index contributed by atoms with van der Waals surface area (Å²) in [5, 5.41) is 4.10. The maximum absolute atomic E-state index is 12.8. The number of H-pyrrole nitrogens is 1. The zero-order chi connectivity index (χ0) is 14.9. The van der Waals surface area contributed by atoms with E-state index in [0.29, 0.717) is 12.3 Å². The molecule has 1 saturated heterocycles. The van der Waals surface area contributed by atoms with E-state index in [4.69, 9.17) is 4.52 Å². The number of carbonyl (C=O) groups is 1. The van der Waals surface area contributed by atoms with E-state index in [0.717, 1.165) is 62.2 Å². The van der Waals surface area contributed by atoms with Crippen LogP contribution in [0.4, 0.5) is 0 Å². The lowest BCUT2D eigenvalue weighted by Crippen LogP contribution is -2.39. The molecule has 116 valence electrons. The number of aromatic amines is 1. The number of hydrogen-bond donors (Lipinski definition) is 1. The first-order valence-electron chi connectivity index (χ1n) is 8.09. The molecule has 6 heteroatoms. The number of piperidine rings is 1. The van der Waals surface area contributed by atoms with Crippen LogP contribution in [0.25, 0.3) is 0 Å². The number of nitrogens with one attached hydrogen (secondary N) is 1. The highest BCUT2D eigenvalue weighted by atomic mass is 16.5. The van der Waals surface area contributed by atoms with E-state index in [1.165, 1.54) is 0 Å². The van der Waals surface area contributed by atoms with Crippen LogP contribution in [0.3, 0.4) is 0 Å². The Morgan fingerprint density at radius 1 is 1.32 bits per heavy atom. The molecule has 2 aromatic rings. The van der Waals surface area contributed by atoms with Gasteiger partial charge in [0.05, 0.1) is 5.69 Å². The predicted molar refractivity (Wildman–Crippen MR) is 79.6 cm³/mol. The highest BCUT2D eigenvalue weighted by Crippen LogP contribution is 2.28. The van der Waals surface area contributed by atoms with Crippen molar-refractivity contribution in [1.82, 2.24) is 20.0 Å². The number of likely N-dealkylation sites (tertiary alicyclic amines) is 1. The van der Waals surface area contributed by atoms with Crippen LogP contribution in [0.15, 0.2) is 16.9 Å². The maximum atomic E-state index is 12.8. The van der Waals surface area contributed by atoms with Gasteiger partial charge < -0.3 is 14.4 Å². The van der Waals surface area contributed by atoms with Crippen molar-refractivity contribution in [3.05, 3.63) is 35.2 Å². The van der Waals surface area contributed by atoms with Crippen molar-refractivity contribution in [2.24, 2.45) is 0 Å². The second-order valence-electron chi connectivity index (χ2n) is 6.21. The van der Waals surface area contributed by atoms with E-state index >= 15 is 0 Å². The normalized spacial score (nSPS) is 21.6. The Kier molecular flexibility index (Phi) is 3.44. The van der Waals surface area contributed by atoms with Crippen molar-refractivity contribution in [2.45, 2.75) is 44.4 Å². The van der Waals surface area contributed by atoms with Gasteiger partial charge in [0.15, 0.2) is 0 Å². The molecule has 0 bridgehead atoms. The maximum Gasteiger partial charge on any atom is 0.292 e. The number of fused-ring (bicyclic) bond motifs is 1. The second kappa shape index (κ2) is 5.59. The molecule has 0 spiro atoms. The van der Waals surface area contributed by atoms with Gasteiger partial charge in [0.2, 0.25) is 5.76 Å². The number of nitrogens with zero attached hydrogens (tertiary/aromatic N) is 3. The minimum Gasteiger partial charge on any atom is -0.350 e. The first-order chi connectivity index (χ1) is 10.8. The number of imidazole rings is 1. The first kappa shape index (κ1) is 13.5. The average Bonchev–Trinajstić information content (AvgIpc) is 3.24. The van der Waals surface area contributed by atoms with Crippen LogP contribution in [0.1, 0.15) is 59.2 Å². The topological polar surface area (TPSA) is 75.0 Å². The highest BCUT2D eigenvalue weighted by molar-refractivity contribution is 5.93. The zero-order valence-corrected chi connectivity index (χ0v) is 12.5. The number of carbonyl (C=O) groups excluding carboxylic acids is 1. The summed E-state index contributed by atoms with van der Waals surface area (Å²) in [4.78, 5) is 22.2. The van der Waals surface area contributed by atoms with Crippen LogP contribution in [0.2, 0.25) is 0 Å². The Morgan fingerprint density at radius 2 is 2.23 bits per heavy atom. The van der Waals surface area contributed by atoms with Crippen molar-refractivity contribution in [1.29, 1.82) is 0 Å². The van der Waals surface area contributed by atoms with Crippen LogP contribution in [-0.4, -0.2) is 39.0 Å². The molecule has 22 heavy (non-hydrogen) atoms. The highest BCUT2D eigenvalue weighted by Gasteiger charge is 2.31. The Morgan fingerprint density at radius 3 is 3.09 bits per heavy atom. The quantitative estimate of drug-likeness (QED) is 0.923. The summed E-state index contributed by atoms with van der Waals surface area (Å²) in [6.07, 6.45) is 9.75. The van der Waals surface area contributed by atoms with E-state index in [2.05, 4.69) is 15.1 Å². The molecule has 6 nitrogen and oxygen atoms in total. The van der Waals surface area contributed by atoms with E-state index in [1.54, 1.807) is 6.20 Å². The average molecular weight is 300 g/mol. The molecular weight excluding hydrogens is 280 g/mol. The van der Waals surface area contributed by atoms with Crippen molar-refractivity contribution in [3.8, 4) is 0 Å². The first-order valence-corrected chi connectivity index (χ1v) is 8.09. The molecule has 0 aromatic carbocycles. The number of aromatic nitrogens is 3. The van der Waals surface area contributed by atoms with Crippen molar-refractivity contribution in [3.63, 3.8) is 0 Å². The summed E-state index contributed by atoms with van der Waals surface area (Å²) in [6, 6.07) is 0. The molecule has 1 atom stereocenters. The van der Waals surface area contributed by atoms with E-state index in [9.17, 15) is 4.79 Å². The minimum atomic E-state index is -0.00749. The number of rotatable bonds is 2. The molecule has 0 radical (unpaired) electrons. The van der Waals surface area contributed by atoms with Gasteiger partial charge in [0.1, 0.15) is 5.82 Å². The van der Waals surface area contributed by atoms with Gasteiger partial charge in [0, 0.05) is 37.0 Å². The summed E-state index contributed by atoms with van der Waals surface area (Å²) < 4.78 is 5.39. The molecule has 4 rings (SSSR count). The van der Waals surface area contributed by atoms with Crippen LogP contribution in [0.5, 0.6) is 0 Å². The van der Waals surface area contributed by atoms with Gasteiger partial charge in [-0.2, -0.15) is 0 Å². The fourth-order valence-electron chi connectivity index (χ4n) is 3.59. The summed E-state index contributed by atoms with van der Waals surface area (Å²) in [7, 11) is 0. The molecule has 1 fully saturated rings. The molecule has 1 N–H and O–H groups in total. The number of amides is 1. The molecule has 2 aliphatic rings. The van der Waals surface area contributed by atoms with Gasteiger partial charge in [-0.05, 0) is 38.5 Å². The Hall–Kier alpha value is -2.11. The standard InChI is InChI=1S/C16H20N4O2/c21-16(14-12-5-1-2-6-13(12)19-22-14)20-9-3-4-11(10-20)15-17-7-8-18-15/h7-8,11H,1-6,9-10H2,(H,17,18)/t11-/m1/s1. The number of hydrogen-bond acceptors (Lipinski definition) is 4. The van der Waals surface area contributed by atoms with Gasteiger partial charge in [-0.25, -0.2) is 4.98 Å². The molecule has 3 heterocycles. The van der Waals surface area contributed by atoms with Crippen LogP contribution in [-0.2, 0) is 12.8 Å². The van der Waals surface area contributed by atoms with Crippen LogP contribution >= 0.6 is 0 Å². The molecular formula is C16H20N4O2. The fourth-order valence-corrected chi connectivity index (χ4v) is 3.59. The summed E-state index contributed by atoms with van der Waals surface area (Å²) in [6.45, 7) is 1.48. The van der Waals surface area contributed by atoms with E-state index in [1.807, 2.05) is 11.1 Å². The van der Waals surface area contributed by atoms with E-state index in [-0.39, 0.29) is 11.8 Å². The molecule has 2 aromatic heterocycles. The minimum absolute atomic E-state index is 0.00749. The lowest BCUT2D eigenvalue weighted by atomic mass is 9.94. The Labute approximate surface area is 128 Å². The Bertz CT molecular complexity index is 662. The molecule has 0 saturated carbocycles. The van der Waals surface area contributed by atoms with Gasteiger partial charge >= 0.3 is 0 Å². The third-order valence-corrected chi connectivity index (χ3v) is 4.77. The van der Waals surface area contributed by atoms with Gasteiger partial charge in [-0.3, -0.25) is 4.79 Å². The predicted octanol–water partition coefficient (Wildman–Crippen LogP) is 2.30. The van der Waals surface area contributed by atoms with Gasteiger partial charge in [-0.1, -0.05) is 5.16 Å². The van der Waals surface area contributed by atoms with Crippen molar-refractivity contribution in [2.75, 3.05) is 13.1 Å². The zero-order valence-electron chi connectivity index (χ0n) is 12.5. The third-order valence-electron chi connectivity index (χ3n) is 4.77. The van der Waals surface area contributed by atoms with Gasteiger partial charge in [-0.15, -0.1) is 0 Å². The SMILES string of the molecule is O=C(c1onc2c1CCCC2)N1CCC[C@@H](c2ncc[nH]2)C1. The third kappa shape index (κ3) is 2.32. The largest absolute Gasteiger partial charge is 0.350 e. The fraction of sp³-hybridized carbons (Fsp3) is 0.562. The van der Waals surface area contributed by atoms with Crippen LogP contribution < -0.4 is 0 Å². The van der Waals surface area contributed by atoms with Crippen molar-refractivity contribution >= 4 is 5.91 Å². The van der Waals surface area contributed by atoms with Gasteiger partial charge in [0.25, 0.3) is 5.91 Å².